The second-order valence-corrected chi connectivity index (χ2v) is 9.20. The highest BCUT2D eigenvalue weighted by Gasteiger charge is 2.23. The van der Waals surface area contributed by atoms with Gasteiger partial charge < -0.3 is 15.8 Å². The fraction of sp³-hybridized carbons (Fsp3) is 0.217. The first-order valence-corrected chi connectivity index (χ1v) is 11.9. The number of nitrogens with two attached hydrogens (primary N) is 1. The number of aryl methyl sites for hydroxylation is 2. The molecule has 1 amide bonds. The summed E-state index contributed by atoms with van der Waals surface area (Å²) in [6.45, 7) is 5.18. The van der Waals surface area contributed by atoms with Gasteiger partial charge in [-0.1, -0.05) is 6.92 Å². The molecule has 0 aliphatic heterocycles. The molecule has 3 rings (SSSR count). The molecule has 10 nitrogen and oxygen atoms in total. The predicted octanol–water partition coefficient (Wildman–Crippen LogP) is 3.05. The minimum absolute atomic E-state index is 0.0245. The van der Waals surface area contributed by atoms with Crippen LogP contribution in [0, 0.1) is 13.8 Å². The van der Waals surface area contributed by atoms with E-state index in [0.717, 1.165) is 0 Å². The Balaban J connectivity index is 1.65. The van der Waals surface area contributed by atoms with Gasteiger partial charge in [-0.3, -0.25) is 4.79 Å². The molecule has 0 radical (unpaired) electrons. The number of nitrogens with one attached hydrogen (secondary N) is 2. The molecule has 34 heavy (non-hydrogen) atoms. The molecule has 3 aromatic rings. The molecule has 0 bridgehead atoms. The SMILES string of the molecule is CCC(OC(=O)c1ccc(N)cc1)C(=O)Nc1ccc(S(=O)(=O)Nc2nc(C)cc(C)n2)cc1. The fourth-order valence-electron chi connectivity index (χ4n) is 3.03. The number of esters is 1. The van der Waals surface area contributed by atoms with Gasteiger partial charge in [-0.2, -0.15) is 0 Å². The molecule has 11 heteroatoms. The number of aromatic nitrogens is 2. The Morgan fingerprint density at radius 2 is 1.59 bits per heavy atom. The summed E-state index contributed by atoms with van der Waals surface area (Å²) in [5, 5.41) is 2.63. The summed E-state index contributed by atoms with van der Waals surface area (Å²) in [4.78, 5) is 33.0. The normalized spacial score (nSPS) is 12.0. The van der Waals surface area contributed by atoms with Crippen molar-refractivity contribution < 1.29 is 22.7 Å². The molecular formula is C23H25N5O5S. The minimum Gasteiger partial charge on any atom is -0.449 e. The molecule has 0 fully saturated rings. The molecule has 0 saturated carbocycles. The second kappa shape index (κ2) is 10.3. The number of sulfonamides is 1. The van der Waals surface area contributed by atoms with Crippen molar-refractivity contribution in [3.63, 3.8) is 0 Å². The van der Waals surface area contributed by atoms with Crippen molar-refractivity contribution in [2.24, 2.45) is 0 Å². The lowest BCUT2D eigenvalue weighted by Gasteiger charge is -2.16. The van der Waals surface area contributed by atoms with E-state index in [-0.39, 0.29) is 22.8 Å². The van der Waals surface area contributed by atoms with Crippen LogP contribution in [-0.2, 0) is 19.6 Å². The lowest BCUT2D eigenvalue weighted by Crippen LogP contribution is -2.32. The number of anilines is 3. The Hall–Kier alpha value is -3.99. The van der Waals surface area contributed by atoms with E-state index in [1.165, 1.54) is 36.4 Å². The highest BCUT2D eigenvalue weighted by atomic mass is 32.2. The number of carbonyl (C=O) groups excluding carboxylic acids is 2. The van der Waals surface area contributed by atoms with Gasteiger partial charge in [0.2, 0.25) is 5.95 Å². The van der Waals surface area contributed by atoms with Gasteiger partial charge in [0, 0.05) is 22.8 Å². The Labute approximate surface area is 197 Å². The number of hydrogen-bond donors (Lipinski definition) is 3. The van der Waals surface area contributed by atoms with Crippen LogP contribution < -0.4 is 15.8 Å². The van der Waals surface area contributed by atoms with Crippen molar-refractivity contribution in [1.82, 2.24) is 9.97 Å². The third kappa shape index (κ3) is 6.29. The van der Waals surface area contributed by atoms with Crippen molar-refractivity contribution in [1.29, 1.82) is 0 Å². The molecule has 0 aliphatic rings. The molecule has 1 aromatic heterocycles. The zero-order valence-electron chi connectivity index (χ0n) is 18.9. The number of nitrogen functional groups attached to an aromatic ring is 1. The summed E-state index contributed by atoms with van der Waals surface area (Å²) in [6, 6.07) is 13.4. The Morgan fingerprint density at radius 1 is 1.00 bits per heavy atom. The lowest BCUT2D eigenvalue weighted by atomic mass is 10.2. The summed E-state index contributed by atoms with van der Waals surface area (Å²) in [5.41, 5.74) is 7.99. The molecule has 4 N–H and O–H groups in total. The smallest absolute Gasteiger partial charge is 0.338 e. The third-order valence-electron chi connectivity index (χ3n) is 4.70. The van der Waals surface area contributed by atoms with E-state index in [1.54, 1.807) is 39.0 Å². The highest BCUT2D eigenvalue weighted by Crippen LogP contribution is 2.18. The maximum atomic E-state index is 12.6. The van der Waals surface area contributed by atoms with Crippen LogP contribution in [0.4, 0.5) is 17.3 Å². The van der Waals surface area contributed by atoms with Gasteiger partial charge in [-0.05, 0) is 74.9 Å². The monoisotopic (exact) mass is 483 g/mol. The molecule has 2 aromatic carbocycles. The number of benzene rings is 2. The number of amides is 1. The number of rotatable bonds is 8. The maximum Gasteiger partial charge on any atom is 0.338 e. The molecule has 0 saturated heterocycles. The van der Waals surface area contributed by atoms with Gasteiger partial charge in [0.15, 0.2) is 6.10 Å². The molecule has 0 spiro atoms. The molecule has 1 heterocycles. The average molecular weight is 484 g/mol. The zero-order chi connectivity index (χ0) is 24.9. The lowest BCUT2D eigenvalue weighted by molar-refractivity contribution is -0.124. The summed E-state index contributed by atoms with van der Waals surface area (Å²) in [6.07, 6.45) is -0.782. The average Bonchev–Trinajstić information content (AvgIpc) is 2.77. The Bertz CT molecular complexity index is 1270. The molecule has 0 aliphatic carbocycles. The van der Waals surface area contributed by atoms with E-state index >= 15 is 0 Å². The zero-order valence-corrected chi connectivity index (χ0v) is 19.7. The largest absolute Gasteiger partial charge is 0.449 e. The molecule has 178 valence electrons. The van der Waals surface area contributed by atoms with Crippen molar-refractivity contribution >= 4 is 39.2 Å². The van der Waals surface area contributed by atoms with Crippen LogP contribution in [0.3, 0.4) is 0 Å². The standard InChI is InChI=1S/C23H25N5O5S/c1-4-20(33-22(30)16-5-7-17(24)8-6-16)21(29)27-18-9-11-19(12-10-18)34(31,32)28-23-25-14(2)13-15(3)26-23/h5-13,20H,4,24H2,1-3H3,(H,27,29)(H,25,26,28). The van der Waals surface area contributed by atoms with Crippen LogP contribution in [0.1, 0.15) is 35.1 Å². The van der Waals surface area contributed by atoms with Gasteiger partial charge >= 0.3 is 5.97 Å². The van der Waals surface area contributed by atoms with Gasteiger partial charge in [0.05, 0.1) is 10.5 Å². The van der Waals surface area contributed by atoms with E-state index in [0.29, 0.717) is 22.8 Å². The van der Waals surface area contributed by atoms with Crippen LogP contribution in [-0.4, -0.2) is 36.4 Å². The maximum absolute atomic E-state index is 12.6. The van der Waals surface area contributed by atoms with Gasteiger partial charge in [0.1, 0.15) is 0 Å². The van der Waals surface area contributed by atoms with Gasteiger partial charge in [-0.15, -0.1) is 0 Å². The van der Waals surface area contributed by atoms with Gasteiger partial charge in [-0.25, -0.2) is 27.9 Å². The number of carbonyl (C=O) groups is 2. The number of nitrogens with zero attached hydrogens (tertiary/aromatic N) is 2. The first-order chi connectivity index (χ1) is 16.1. The van der Waals surface area contributed by atoms with Crippen LogP contribution in [0.25, 0.3) is 0 Å². The van der Waals surface area contributed by atoms with Crippen LogP contribution in [0.2, 0.25) is 0 Å². The first kappa shape index (κ1) is 24.6. The molecule has 1 atom stereocenters. The second-order valence-electron chi connectivity index (χ2n) is 7.52. The fourth-order valence-corrected chi connectivity index (χ4v) is 3.97. The van der Waals surface area contributed by atoms with E-state index in [9.17, 15) is 18.0 Å². The number of ether oxygens (including phenoxy) is 1. The van der Waals surface area contributed by atoms with E-state index in [4.69, 9.17) is 10.5 Å². The topological polar surface area (TPSA) is 153 Å². The quantitative estimate of drug-likeness (QED) is 0.326. The Kier molecular flexibility index (Phi) is 7.47. The third-order valence-corrected chi connectivity index (χ3v) is 6.04. The molecule has 1 unspecified atom stereocenters. The first-order valence-electron chi connectivity index (χ1n) is 10.4. The summed E-state index contributed by atoms with van der Waals surface area (Å²) >= 11 is 0. The van der Waals surface area contributed by atoms with Crippen LogP contribution in [0.15, 0.2) is 59.5 Å². The minimum atomic E-state index is -3.93. The highest BCUT2D eigenvalue weighted by molar-refractivity contribution is 7.92. The van der Waals surface area contributed by atoms with Gasteiger partial charge in [0.25, 0.3) is 15.9 Å². The van der Waals surface area contributed by atoms with Crippen molar-refractivity contribution in [2.45, 2.75) is 38.2 Å². The van der Waals surface area contributed by atoms with Crippen molar-refractivity contribution in [3.05, 3.63) is 71.5 Å². The van der Waals surface area contributed by atoms with Crippen LogP contribution in [0.5, 0.6) is 0 Å². The Morgan fingerprint density at radius 3 is 2.15 bits per heavy atom. The van der Waals surface area contributed by atoms with E-state index < -0.39 is 28.0 Å². The molecular weight excluding hydrogens is 458 g/mol. The summed E-state index contributed by atoms with van der Waals surface area (Å²) < 4.78 is 32.9. The number of hydrogen-bond acceptors (Lipinski definition) is 8. The predicted molar refractivity (Wildman–Crippen MR) is 128 cm³/mol. The van der Waals surface area contributed by atoms with E-state index in [1.807, 2.05) is 0 Å². The van der Waals surface area contributed by atoms with Crippen molar-refractivity contribution in [3.8, 4) is 0 Å². The van der Waals surface area contributed by atoms with E-state index in [2.05, 4.69) is 20.0 Å². The summed E-state index contributed by atoms with van der Waals surface area (Å²) in [7, 11) is -3.93. The van der Waals surface area contributed by atoms with Crippen LogP contribution >= 0.6 is 0 Å². The summed E-state index contributed by atoms with van der Waals surface area (Å²) in [5.74, 6) is -1.21. The van der Waals surface area contributed by atoms with Crippen molar-refractivity contribution in [2.75, 3.05) is 15.8 Å².